The predicted molar refractivity (Wildman–Crippen MR) is 116 cm³/mol. The SMILES string of the molecule is C/C=C(/NCC1=CCC(C2=CC3CCC=CC3C=C2)C=C1)c1ccccc1. The summed E-state index contributed by atoms with van der Waals surface area (Å²) in [4.78, 5) is 0. The zero-order valence-electron chi connectivity index (χ0n) is 16.1. The maximum absolute atomic E-state index is 3.59. The molecule has 0 radical (unpaired) electrons. The van der Waals surface area contributed by atoms with Gasteiger partial charge in [-0.15, -0.1) is 0 Å². The van der Waals surface area contributed by atoms with Gasteiger partial charge in [0.1, 0.15) is 0 Å². The van der Waals surface area contributed by atoms with Crippen LogP contribution in [0.25, 0.3) is 5.70 Å². The first-order valence-electron chi connectivity index (χ1n) is 10.2. The summed E-state index contributed by atoms with van der Waals surface area (Å²) >= 11 is 0. The fourth-order valence-corrected chi connectivity index (χ4v) is 4.28. The number of hydrogen-bond donors (Lipinski definition) is 1. The van der Waals surface area contributed by atoms with Crippen molar-refractivity contribution in [1.29, 1.82) is 0 Å². The van der Waals surface area contributed by atoms with Gasteiger partial charge in [0.05, 0.1) is 0 Å². The van der Waals surface area contributed by atoms with E-state index in [1.54, 1.807) is 0 Å². The zero-order valence-corrected chi connectivity index (χ0v) is 16.1. The van der Waals surface area contributed by atoms with Crippen LogP contribution >= 0.6 is 0 Å². The molecule has 4 rings (SSSR count). The standard InChI is InChI=1S/C26H29N/c1-2-26(23-9-4-3-5-10-23)27-19-20-12-14-22(15-13-20)25-17-16-21-8-6-7-11-24(21)18-25/h2-6,8-10,12-14,16-18,21-22,24,27H,7,11,15,19H2,1H3/b26-2+. The molecule has 3 atom stereocenters. The van der Waals surface area contributed by atoms with Crippen molar-refractivity contribution < 1.29 is 0 Å². The average Bonchev–Trinajstić information content (AvgIpc) is 2.75. The number of benzene rings is 1. The normalized spacial score (nSPS) is 27.0. The third kappa shape index (κ3) is 4.24. The Bertz CT molecular complexity index is 832. The highest BCUT2D eigenvalue weighted by molar-refractivity contribution is 5.63. The van der Waals surface area contributed by atoms with Crippen molar-refractivity contribution in [2.75, 3.05) is 6.54 Å². The van der Waals surface area contributed by atoms with Gasteiger partial charge in [-0.3, -0.25) is 0 Å². The van der Waals surface area contributed by atoms with Crippen molar-refractivity contribution in [2.45, 2.75) is 26.2 Å². The summed E-state index contributed by atoms with van der Waals surface area (Å²) in [6.45, 7) is 2.97. The van der Waals surface area contributed by atoms with Gasteiger partial charge in [0.25, 0.3) is 0 Å². The van der Waals surface area contributed by atoms with Gasteiger partial charge >= 0.3 is 0 Å². The summed E-state index contributed by atoms with van der Waals surface area (Å²) in [5.41, 5.74) is 5.32. The minimum Gasteiger partial charge on any atom is -0.381 e. The lowest BCUT2D eigenvalue weighted by molar-refractivity contribution is 0.483. The highest BCUT2D eigenvalue weighted by Gasteiger charge is 2.23. The molecule has 0 aliphatic heterocycles. The molecule has 0 heterocycles. The molecule has 0 bridgehead atoms. The van der Waals surface area contributed by atoms with Gasteiger partial charge in [-0.25, -0.2) is 0 Å². The van der Waals surface area contributed by atoms with Crippen LogP contribution in [-0.4, -0.2) is 6.54 Å². The Morgan fingerprint density at radius 2 is 2.00 bits per heavy atom. The molecule has 0 amide bonds. The molecular weight excluding hydrogens is 326 g/mol. The van der Waals surface area contributed by atoms with Gasteiger partial charge in [-0.2, -0.15) is 0 Å². The summed E-state index contributed by atoms with van der Waals surface area (Å²) in [5.74, 6) is 1.87. The van der Waals surface area contributed by atoms with Gasteiger partial charge < -0.3 is 5.32 Å². The summed E-state index contributed by atoms with van der Waals surface area (Å²) in [5, 5.41) is 3.59. The van der Waals surface area contributed by atoms with Gasteiger partial charge in [0, 0.05) is 24.1 Å². The molecule has 1 aromatic carbocycles. The Morgan fingerprint density at radius 1 is 1.11 bits per heavy atom. The molecule has 27 heavy (non-hydrogen) atoms. The maximum Gasteiger partial charge on any atom is 0.0397 e. The first-order valence-corrected chi connectivity index (χ1v) is 10.2. The molecule has 1 N–H and O–H groups in total. The summed E-state index contributed by atoms with van der Waals surface area (Å²) in [6, 6.07) is 10.5. The smallest absolute Gasteiger partial charge is 0.0397 e. The van der Waals surface area contributed by atoms with Crippen molar-refractivity contribution >= 4 is 5.70 Å². The molecule has 1 nitrogen and oxygen atoms in total. The van der Waals surface area contributed by atoms with Crippen LogP contribution in [0.3, 0.4) is 0 Å². The molecule has 0 aromatic heterocycles. The highest BCUT2D eigenvalue weighted by Crippen LogP contribution is 2.35. The van der Waals surface area contributed by atoms with Crippen LogP contribution in [0.15, 0.2) is 96.2 Å². The van der Waals surface area contributed by atoms with Crippen LogP contribution in [0.4, 0.5) is 0 Å². The van der Waals surface area contributed by atoms with E-state index in [0.717, 1.165) is 13.0 Å². The Balaban J connectivity index is 1.34. The Kier molecular flexibility index (Phi) is 5.58. The molecular formula is C26H29N. The molecule has 138 valence electrons. The van der Waals surface area contributed by atoms with E-state index in [1.165, 1.54) is 35.2 Å². The van der Waals surface area contributed by atoms with Crippen LogP contribution in [0, 0.1) is 17.8 Å². The lowest BCUT2D eigenvalue weighted by Crippen LogP contribution is -2.18. The van der Waals surface area contributed by atoms with Crippen LogP contribution in [0.2, 0.25) is 0 Å². The van der Waals surface area contributed by atoms with E-state index >= 15 is 0 Å². The van der Waals surface area contributed by atoms with Crippen LogP contribution in [0.5, 0.6) is 0 Å². The van der Waals surface area contributed by atoms with E-state index in [-0.39, 0.29) is 0 Å². The first-order chi connectivity index (χ1) is 13.3. The minimum absolute atomic E-state index is 0.534. The molecule has 1 heteroatoms. The molecule has 0 spiro atoms. The van der Waals surface area contributed by atoms with Crippen molar-refractivity contribution in [3.05, 3.63) is 102 Å². The lowest BCUT2D eigenvalue weighted by Gasteiger charge is -2.29. The lowest BCUT2D eigenvalue weighted by atomic mass is 9.76. The largest absolute Gasteiger partial charge is 0.381 e. The second kappa shape index (κ2) is 8.43. The van der Waals surface area contributed by atoms with Crippen LogP contribution < -0.4 is 5.32 Å². The monoisotopic (exact) mass is 355 g/mol. The Hall–Kier alpha value is -2.54. The van der Waals surface area contributed by atoms with E-state index in [0.29, 0.717) is 17.8 Å². The Morgan fingerprint density at radius 3 is 2.78 bits per heavy atom. The molecule has 3 aliphatic rings. The number of hydrogen-bond acceptors (Lipinski definition) is 1. The fraction of sp³-hybridized carbons (Fsp3) is 0.308. The van der Waals surface area contributed by atoms with E-state index in [9.17, 15) is 0 Å². The number of fused-ring (bicyclic) bond motifs is 1. The minimum atomic E-state index is 0.534. The van der Waals surface area contributed by atoms with Crippen molar-refractivity contribution in [1.82, 2.24) is 5.32 Å². The molecule has 1 aromatic rings. The van der Waals surface area contributed by atoms with Gasteiger partial charge in [-0.1, -0.05) is 85.0 Å². The highest BCUT2D eigenvalue weighted by atomic mass is 14.9. The van der Waals surface area contributed by atoms with E-state index in [4.69, 9.17) is 0 Å². The van der Waals surface area contributed by atoms with Crippen molar-refractivity contribution in [3.8, 4) is 0 Å². The average molecular weight is 356 g/mol. The summed E-state index contributed by atoms with van der Waals surface area (Å²) in [7, 11) is 0. The van der Waals surface area contributed by atoms with Gasteiger partial charge in [0.2, 0.25) is 0 Å². The first kappa shape index (κ1) is 17.9. The third-order valence-corrected chi connectivity index (χ3v) is 5.90. The quantitative estimate of drug-likeness (QED) is 0.618. The Labute approximate surface area is 163 Å². The van der Waals surface area contributed by atoms with E-state index in [1.807, 2.05) is 0 Å². The van der Waals surface area contributed by atoms with E-state index in [2.05, 4.69) is 97.3 Å². The fourth-order valence-electron chi connectivity index (χ4n) is 4.28. The van der Waals surface area contributed by atoms with E-state index < -0.39 is 0 Å². The second-order valence-corrected chi connectivity index (χ2v) is 7.67. The van der Waals surface area contributed by atoms with Gasteiger partial charge in [-0.05, 0) is 48.8 Å². The topological polar surface area (TPSA) is 12.0 Å². The van der Waals surface area contributed by atoms with Crippen molar-refractivity contribution in [3.63, 3.8) is 0 Å². The summed E-state index contributed by atoms with van der Waals surface area (Å²) in [6.07, 6.45) is 24.9. The van der Waals surface area contributed by atoms with Crippen LogP contribution in [0.1, 0.15) is 31.7 Å². The second-order valence-electron chi connectivity index (χ2n) is 7.67. The van der Waals surface area contributed by atoms with Crippen LogP contribution in [-0.2, 0) is 0 Å². The van der Waals surface area contributed by atoms with Gasteiger partial charge in [0.15, 0.2) is 0 Å². The number of rotatable bonds is 5. The van der Waals surface area contributed by atoms with Crippen molar-refractivity contribution in [2.24, 2.45) is 17.8 Å². The zero-order chi connectivity index (χ0) is 18.5. The summed E-state index contributed by atoms with van der Waals surface area (Å²) < 4.78 is 0. The third-order valence-electron chi connectivity index (χ3n) is 5.90. The number of nitrogens with one attached hydrogen (secondary N) is 1. The molecule has 0 saturated heterocycles. The molecule has 0 fully saturated rings. The molecule has 3 unspecified atom stereocenters. The molecule has 3 aliphatic carbocycles. The maximum atomic E-state index is 3.59. The predicted octanol–water partition coefficient (Wildman–Crippen LogP) is 6.22. The molecule has 0 saturated carbocycles. The number of allylic oxidation sites excluding steroid dienone is 9.